The Morgan fingerprint density at radius 3 is 2.27 bits per heavy atom. The molecule has 1 aromatic carbocycles. The number of carbonyl (C=O) groups is 6. The number of hydrogen-bond acceptors (Lipinski definition) is 9. The van der Waals surface area contributed by atoms with Crippen LogP contribution in [-0.2, 0) is 28.7 Å². The van der Waals surface area contributed by atoms with Crippen molar-refractivity contribution in [3.05, 3.63) is 60.2 Å². The van der Waals surface area contributed by atoms with Crippen LogP contribution in [0.4, 0.5) is 10.1 Å². The molecule has 2 aromatic rings. The molecule has 0 bridgehead atoms. The quantitative estimate of drug-likeness (QED) is 0.341. The zero-order valence-electron chi connectivity index (χ0n) is 24.1. The van der Waals surface area contributed by atoms with Crippen molar-refractivity contribution in [2.45, 2.75) is 24.9 Å². The highest BCUT2D eigenvalue weighted by Crippen LogP contribution is 2.20. The van der Waals surface area contributed by atoms with Crippen molar-refractivity contribution >= 4 is 41.3 Å². The fraction of sp³-hybridized carbons (Fsp3) is 0.414. The van der Waals surface area contributed by atoms with Crippen LogP contribution in [0.25, 0.3) is 0 Å². The van der Waals surface area contributed by atoms with Crippen LogP contribution in [0.3, 0.4) is 0 Å². The number of carboxylic acids is 1. The van der Waals surface area contributed by atoms with Crippen molar-refractivity contribution in [3.8, 4) is 0 Å². The van der Waals surface area contributed by atoms with E-state index in [1.54, 1.807) is 17.3 Å². The second kappa shape index (κ2) is 14.4. The van der Waals surface area contributed by atoms with Crippen molar-refractivity contribution in [2.24, 2.45) is 0 Å². The molecular formula is C29H33FN6O8. The van der Waals surface area contributed by atoms with E-state index >= 15 is 0 Å². The highest BCUT2D eigenvalue weighted by atomic mass is 19.1. The Morgan fingerprint density at radius 1 is 1.00 bits per heavy atom. The molecule has 0 aliphatic carbocycles. The summed E-state index contributed by atoms with van der Waals surface area (Å²) in [5.74, 6) is -5.40. The molecule has 4 rings (SSSR count). The van der Waals surface area contributed by atoms with E-state index in [2.05, 4.69) is 15.2 Å². The van der Waals surface area contributed by atoms with Gasteiger partial charge >= 0.3 is 11.9 Å². The molecule has 2 aliphatic rings. The number of aliphatic carboxylic acids is 1. The SMILES string of the molecule is COC(=O)CC1C(=O)N(CC(=O)O)CCN1C(=O)C(CC(=O)N1CCN(c2ccncc2)CC1)NC(=O)c1ccc(F)cc1. The number of halogens is 1. The number of nitrogens with one attached hydrogen (secondary N) is 1. The third-order valence-electron chi connectivity index (χ3n) is 7.53. The number of ether oxygens (including phenoxy) is 1. The summed E-state index contributed by atoms with van der Waals surface area (Å²) in [5, 5.41) is 11.8. The number of rotatable bonds is 10. The minimum absolute atomic E-state index is 0.0380. The average Bonchev–Trinajstić information content (AvgIpc) is 3.02. The number of pyridine rings is 1. The molecule has 2 aliphatic heterocycles. The largest absolute Gasteiger partial charge is 0.480 e. The molecule has 3 heterocycles. The van der Waals surface area contributed by atoms with Gasteiger partial charge in [-0.2, -0.15) is 0 Å². The third-order valence-corrected chi connectivity index (χ3v) is 7.53. The van der Waals surface area contributed by atoms with Crippen LogP contribution in [0.5, 0.6) is 0 Å². The Kier molecular flexibility index (Phi) is 10.4. The Hall–Kier alpha value is -5.08. The molecule has 2 N–H and O–H groups in total. The van der Waals surface area contributed by atoms with Gasteiger partial charge in [0.2, 0.25) is 17.7 Å². The molecule has 2 unspecified atom stereocenters. The number of nitrogens with zero attached hydrogens (tertiary/aromatic N) is 5. The summed E-state index contributed by atoms with van der Waals surface area (Å²) in [6.45, 7) is 0.832. The van der Waals surface area contributed by atoms with Gasteiger partial charge in [-0.05, 0) is 36.4 Å². The van der Waals surface area contributed by atoms with E-state index in [-0.39, 0.29) is 18.7 Å². The van der Waals surface area contributed by atoms with Crippen LogP contribution < -0.4 is 10.2 Å². The van der Waals surface area contributed by atoms with Crippen molar-refractivity contribution in [2.75, 3.05) is 57.8 Å². The first-order valence-electron chi connectivity index (χ1n) is 13.9. The molecule has 0 radical (unpaired) electrons. The zero-order valence-corrected chi connectivity index (χ0v) is 24.1. The van der Waals surface area contributed by atoms with Crippen LogP contribution in [0.1, 0.15) is 23.2 Å². The number of carboxylic acid groups (broad SMARTS) is 1. The summed E-state index contributed by atoms with van der Waals surface area (Å²) in [7, 11) is 1.11. The highest BCUT2D eigenvalue weighted by Gasteiger charge is 2.42. The Bertz CT molecular complexity index is 1380. The fourth-order valence-electron chi connectivity index (χ4n) is 5.18. The van der Waals surface area contributed by atoms with Crippen molar-refractivity contribution < 1.29 is 43.0 Å². The van der Waals surface area contributed by atoms with Gasteiger partial charge in [0.05, 0.1) is 20.0 Å². The summed E-state index contributed by atoms with van der Waals surface area (Å²) in [4.78, 5) is 86.9. The highest BCUT2D eigenvalue weighted by molar-refractivity contribution is 6.01. The van der Waals surface area contributed by atoms with E-state index in [0.29, 0.717) is 26.2 Å². The maximum atomic E-state index is 14.0. The van der Waals surface area contributed by atoms with Crippen LogP contribution in [0.2, 0.25) is 0 Å². The number of benzene rings is 1. The number of hydrogen-bond donors (Lipinski definition) is 2. The summed E-state index contributed by atoms with van der Waals surface area (Å²) >= 11 is 0. The van der Waals surface area contributed by atoms with E-state index in [1.165, 1.54) is 12.1 Å². The molecule has 1 aromatic heterocycles. The van der Waals surface area contributed by atoms with Gasteiger partial charge < -0.3 is 34.8 Å². The lowest BCUT2D eigenvalue weighted by Gasteiger charge is -2.41. The van der Waals surface area contributed by atoms with Crippen molar-refractivity contribution in [1.82, 2.24) is 25.0 Å². The first-order chi connectivity index (χ1) is 21.1. The van der Waals surface area contributed by atoms with Gasteiger partial charge in [-0.1, -0.05) is 0 Å². The van der Waals surface area contributed by atoms with Gasteiger partial charge in [0.1, 0.15) is 24.4 Å². The summed E-state index contributed by atoms with van der Waals surface area (Å²) in [5.41, 5.74) is 0.992. The number of methoxy groups -OCH3 is 1. The Morgan fingerprint density at radius 2 is 1.66 bits per heavy atom. The van der Waals surface area contributed by atoms with Gasteiger partial charge in [-0.15, -0.1) is 0 Å². The van der Waals surface area contributed by atoms with E-state index in [0.717, 1.165) is 34.7 Å². The predicted molar refractivity (Wildman–Crippen MR) is 152 cm³/mol. The molecule has 2 fully saturated rings. The molecular weight excluding hydrogens is 579 g/mol. The number of amides is 4. The topological polar surface area (TPSA) is 170 Å². The summed E-state index contributed by atoms with van der Waals surface area (Å²) in [6, 6.07) is 5.46. The number of anilines is 1. The van der Waals surface area contributed by atoms with E-state index < -0.39 is 72.9 Å². The van der Waals surface area contributed by atoms with Gasteiger partial charge in [-0.3, -0.25) is 33.8 Å². The molecule has 14 nitrogen and oxygen atoms in total. The molecule has 0 saturated carbocycles. The minimum Gasteiger partial charge on any atom is -0.480 e. The number of piperazine rings is 2. The van der Waals surface area contributed by atoms with Crippen LogP contribution >= 0.6 is 0 Å². The lowest BCUT2D eigenvalue weighted by molar-refractivity contribution is -0.159. The van der Waals surface area contributed by atoms with Crippen LogP contribution in [0.15, 0.2) is 48.8 Å². The third kappa shape index (κ3) is 7.85. The molecule has 15 heteroatoms. The number of aromatic nitrogens is 1. The standard InChI is InChI=1S/C29H33FN6O8/c1-44-26(40)17-23-29(43)35(18-25(38)39)14-15-36(23)28(42)22(32-27(41)19-2-4-20(30)5-3-19)16-24(37)34-12-10-33(11-13-34)21-6-8-31-9-7-21/h2-9,22-23H,10-18H2,1H3,(H,32,41)(H,38,39). The van der Waals surface area contributed by atoms with E-state index in [1.807, 2.05) is 12.1 Å². The maximum absolute atomic E-state index is 14.0. The molecule has 0 spiro atoms. The van der Waals surface area contributed by atoms with Crippen LogP contribution in [-0.4, -0.2) is 125 Å². The molecule has 2 saturated heterocycles. The predicted octanol–water partition coefficient (Wildman–Crippen LogP) is -0.255. The van der Waals surface area contributed by atoms with Gasteiger partial charge in [0, 0.05) is 62.9 Å². The Labute approximate surface area is 252 Å². The second-order valence-electron chi connectivity index (χ2n) is 10.3. The van der Waals surface area contributed by atoms with Gasteiger partial charge in [-0.25, -0.2) is 4.39 Å². The molecule has 234 valence electrons. The van der Waals surface area contributed by atoms with Crippen molar-refractivity contribution in [3.63, 3.8) is 0 Å². The fourth-order valence-corrected chi connectivity index (χ4v) is 5.18. The summed E-state index contributed by atoms with van der Waals surface area (Å²) < 4.78 is 18.2. The van der Waals surface area contributed by atoms with E-state index in [4.69, 9.17) is 4.74 Å². The monoisotopic (exact) mass is 612 g/mol. The molecule has 44 heavy (non-hydrogen) atoms. The normalized spacial score (nSPS) is 17.6. The van der Waals surface area contributed by atoms with Crippen molar-refractivity contribution in [1.29, 1.82) is 0 Å². The average molecular weight is 613 g/mol. The van der Waals surface area contributed by atoms with Crippen LogP contribution in [0, 0.1) is 5.82 Å². The zero-order chi connectivity index (χ0) is 31.8. The maximum Gasteiger partial charge on any atom is 0.323 e. The Balaban J connectivity index is 1.54. The van der Waals surface area contributed by atoms with E-state index in [9.17, 15) is 38.3 Å². The first-order valence-corrected chi connectivity index (χ1v) is 13.9. The lowest BCUT2D eigenvalue weighted by atomic mass is 10.0. The molecule has 4 amide bonds. The number of carbonyl (C=O) groups excluding carboxylic acids is 5. The number of esters is 1. The smallest absolute Gasteiger partial charge is 0.323 e. The van der Waals surface area contributed by atoms with Gasteiger partial charge in [0.25, 0.3) is 5.91 Å². The summed E-state index contributed by atoms with van der Waals surface area (Å²) in [6.07, 6.45) is 2.34. The lowest BCUT2D eigenvalue weighted by Crippen LogP contribution is -2.63. The second-order valence-corrected chi connectivity index (χ2v) is 10.3. The first kappa shape index (κ1) is 31.8. The molecule has 2 atom stereocenters. The minimum atomic E-state index is -1.45. The van der Waals surface area contributed by atoms with Gasteiger partial charge in [0.15, 0.2) is 0 Å².